The Kier molecular flexibility index (Phi) is 8.87. The van der Waals surface area contributed by atoms with E-state index in [0.29, 0.717) is 23.2 Å². The second-order valence-electron chi connectivity index (χ2n) is 6.94. The molecule has 0 heterocycles. The SMILES string of the molecule is CC(=O)c1ccc(NC(=O)O[C@@H](c2ccc(O)c(F)c2)[C@@H](C)CCOC(=O)CS)cc1. The lowest BCUT2D eigenvalue weighted by atomic mass is 9.94. The lowest BCUT2D eigenvalue weighted by molar-refractivity contribution is -0.141. The molecule has 2 rings (SSSR count). The van der Waals surface area contributed by atoms with Crippen LogP contribution in [0.15, 0.2) is 42.5 Å². The van der Waals surface area contributed by atoms with Crippen LogP contribution in [0.25, 0.3) is 0 Å². The number of ketones is 1. The standard InChI is InChI=1S/C22H24FNO6S/c1-13(9-10-29-20(27)12-31)21(16-5-8-19(26)18(23)11-16)30-22(28)24-17-6-3-15(4-7-17)14(2)25/h3-8,11,13,21,26,31H,9-10,12H2,1-2H3,(H,24,28)/t13-,21+/m0/s1. The number of phenols is 1. The molecule has 0 saturated carbocycles. The fourth-order valence-corrected chi connectivity index (χ4v) is 2.91. The maximum Gasteiger partial charge on any atom is 0.412 e. The zero-order valence-electron chi connectivity index (χ0n) is 17.1. The number of phenolic OH excluding ortho intramolecular Hbond substituents is 1. The number of carbonyl (C=O) groups excluding carboxylic acids is 3. The van der Waals surface area contributed by atoms with Gasteiger partial charge >= 0.3 is 12.1 Å². The number of esters is 1. The Hall–Kier alpha value is -3.07. The number of hydrogen-bond donors (Lipinski definition) is 3. The van der Waals surface area contributed by atoms with Crippen molar-refractivity contribution in [2.75, 3.05) is 17.7 Å². The van der Waals surface area contributed by atoms with Crippen molar-refractivity contribution >= 4 is 36.2 Å². The number of carbonyl (C=O) groups is 3. The van der Waals surface area contributed by atoms with Gasteiger partial charge in [-0.1, -0.05) is 13.0 Å². The molecule has 0 bridgehead atoms. The van der Waals surface area contributed by atoms with Crippen molar-refractivity contribution in [1.82, 2.24) is 0 Å². The molecule has 0 aliphatic carbocycles. The maximum absolute atomic E-state index is 13.9. The number of aromatic hydroxyl groups is 1. The van der Waals surface area contributed by atoms with E-state index >= 15 is 0 Å². The number of thiol groups is 1. The quantitative estimate of drug-likeness (QED) is 0.296. The van der Waals surface area contributed by atoms with Crippen LogP contribution in [0.5, 0.6) is 5.75 Å². The van der Waals surface area contributed by atoms with Crippen LogP contribution in [0.4, 0.5) is 14.9 Å². The molecule has 9 heteroatoms. The van der Waals surface area contributed by atoms with Gasteiger partial charge in [-0.25, -0.2) is 9.18 Å². The van der Waals surface area contributed by atoms with Crippen LogP contribution < -0.4 is 5.32 Å². The fraction of sp³-hybridized carbons (Fsp3) is 0.318. The second kappa shape index (κ2) is 11.4. The summed E-state index contributed by atoms with van der Waals surface area (Å²) in [5, 5.41) is 12.0. The zero-order chi connectivity index (χ0) is 23.0. The summed E-state index contributed by atoms with van der Waals surface area (Å²) in [5.41, 5.74) is 1.26. The summed E-state index contributed by atoms with van der Waals surface area (Å²) in [6.45, 7) is 3.28. The number of halogens is 1. The number of anilines is 1. The first kappa shape index (κ1) is 24.2. The molecule has 31 heavy (non-hydrogen) atoms. The third-order valence-corrected chi connectivity index (χ3v) is 4.81. The number of nitrogens with one attached hydrogen (secondary N) is 1. The third kappa shape index (κ3) is 7.29. The third-order valence-electron chi connectivity index (χ3n) is 4.55. The Balaban J connectivity index is 2.12. The molecule has 0 aliphatic rings. The molecular formula is C22H24FNO6S. The van der Waals surface area contributed by atoms with Gasteiger partial charge in [-0.3, -0.25) is 14.9 Å². The molecule has 0 saturated heterocycles. The van der Waals surface area contributed by atoms with Gasteiger partial charge in [-0.2, -0.15) is 12.6 Å². The number of Topliss-reactive ketones (excluding diaryl/α,β-unsaturated/α-hetero) is 1. The van der Waals surface area contributed by atoms with Gasteiger partial charge in [-0.15, -0.1) is 0 Å². The smallest absolute Gasteiger partial charge is 0.412 e. The molecule has 2 aromatic carbocycles. The van der Waals surface area contributed by atoms with E-state index in [0.717, 1.165) is 6.07 Å². The van der Waals surface area contributed by atoms with Crippen molar-refractivity contribution in [2.45, 2.75) is 26.4 Å². The van der Waals surface area contributed by atoms with Crippen LogP contribution in [-0.2, 0) is 14.3 Å². The van der Waals surface area contributed by atoms with Crippen molar-refractivity contribution in [3.63, 3.8) is 0 Å². The highest BCUT2D eigenvalue weighted by Crippen LogP contribution is 2.31. The number of amides is 1. The van der Waals surface area contributed by atoms with E-state index in [1.807, 2.05) is 0 Å². The lowest BCUT2D eigenvalue weighted by Crippen LogP contribution is -2.23. The van der Waals surface area contributed by atoms with Gasteiger partial charge in [0.15, 0.2) is 17.3 Å². The molecular weight excluding hydrogens is 425 g/mol. The Morgan fingerprint density at radius 2 is 1.84 bits per heavy atom. The fourth-order valence-electron chi connectivity index (χ4n) is 2.82. The number of ether oxygens (including phenoxy) is 2. The summed E-state index contributed by atoms with van der Waals surface area (Å²) in [6, 6.07) is 9.99. The highest BCUT2D eigenvalue weighted by Gasteiger charge is 2.25. The van der Waals surface area contributed by atoms with Crippen molar-refractivity contribution < 1.29 is 33.4 Å². The highest BCUT2D eigenvalue weighted by molar-refractivity contribution is 7.81. The minimum Gasteiger partial charge on any atom is -0.505 e. The van der Waals surface area contributed by atoms with Crippen LogP contribution in [0.1, 0.15) is 42.3 Å². The molecule has 2 aromatic rings. The van der Waals surface area contributed by atoms with Crippen molar-refractivity contribution in [2.24, 2.45) is 5.92 Å². The van der Waals surface area contributed by atoms with Crippen molar-refractivity contribution in [3.8, 4) is 5.75 Å². The van der Waals surface area contributed by atoms with Gasteiger partial charge < -0.3 is 14.6 Å². The molecule has 0 unspecified atom stereocenters. The lowest BCUT2D eigenvalue weighted by Gasteiger charge is -2.25. The normalized spacial score (nSPS) is 12.5. The van der Waals surface area contributed by atoms with E-state index in [9.17, 15) is 23.9 Å². The molecule has 2 atom stereocenters. The van der Waals surface area contributed by atoms with E-state index < -0.39 is 29.7 Å². The highest BCUT2D eigenvalue weighted by atomic mass is 32.1. The molecule has 166 valence electrons. The second-order valence-corrected chi connectivity index (χ2v) is 7.26. The van der Waals surface area contributed by atoms with E-state index in [2.05, 4.69) is 17.9 Å². The monoisotopic (exact) mass is 449 g/mol. The number of rotatable bonds is 9. The first-order chi connectivity index (χ1) is 14.7. The van der Waals surface area contributed by atoms with Gasteiger partial charge in [0.2, 0.25) is 0 Å². The summed E-state index contributed by atoms with van der Waals surface area (Å²) in [5.74, 6) is -2.34. The van der Waals surface area contributed by atoms with Crippen LogP contribution >= 0.6 is 12.6 Å². The topological polar surface area (TPSA) is 102 Å². The average molecular weight is 450 g/mol. The largest absolute Gasteiger partial charge is 0.505 e. The number of hydrogen-bond acceptors (Lipinski definition) is 7. The minimum atomic E-state index is -0.874. The summed E-state index contributed by atoms with van der Waals surface area (Å²) in [7, 11) is 0. The molecule has 0 aromatic heterocycles. The van der Waals surface area contributed by atoms with Gasteiger partial charge in [-0.05, 0) is 55.3 Å². The van der Waals surface area contributed by atoms with Gasteiger partial charge in [0.25, 0.3) is 0 Å². The summed E-state index contributed by atoms with van der Waals surface area (Å²) in [6.07, 6.45) is -1.32. The maximum atomic E-state index is 13.9. The van der Waals surface area contributed by atoms with E-state index in [-0.39, 0.29) is 24.1 Å². The van der Waals surface area contributed by atoms with Crippen LogP contribution in [0.3, 0.4) is 0 Å². The van der Waals surface area contributed by atoms with E-state index in [1.54, 1.807) is 31.2 Å². The number of benzene rings is 2. The van der Waals surface area contributed by atoms with E-state index in [4.69, 9.17) is 9.47 Å². The molecule has 7 nitrogen and oxygen atoms in total. The van der Waals surface area contributed by atoms with E-state index in [1.165, 1.54) is 19.1 Å². The van der Waals surface area contributed by atoms with Crippen LogP contribution in [-0.4, -0.2) is 35.3 Å². The molecule has 0 radical (unpaired) electrons. The average Bonchev–Trinajstić information content (AvgIpc) is 2.74. The summed E-state index contributed by atoms with van der Waals surface area (Å²) in [4.78, 5) is 35.1. The molecule has 0 aliphatic heterocycles. The van der Waals surface area contributed by atoms with Gasteiger partial charge in [0.1, 0.15) is 6.10 Å². The first-order valence-corrected chi connectivity index (χ1v) is 10.2. The molecule has 1 amide bonds. The van der Waals surface area contributed by atoms with Crippen molar-refractivity contribution in [3.05, 3.63) is 59.4 Å². The predicted octanol–water partition coefficient (Wildman–Crippen LogP) is 4.52. The Morgan fingerprint density at radius 3 is 2.42 bits per heavy atom. The van der Waals surface area contributed by atoms with Crippen LogP contribution in [0.2, 0.25) is 0 Å². The Morgan fingerprint density at radius 1 is 1.16 bits per heavy atom. The van der Waals surface area contributed by atoms with Crippen LogP contribution in [0, 0.1) is 11.7 Å². The zero-order valence-corrected chi connectivity index (χ0v) is 18.0. The summed E-state index contributed by atoms with van der Waals surface area (Å²) < 4.78 is 24.4. The minimum absolute atomic E-state index is 0.0533. The summed E-state index contributed by atoms with van der Waals surface area (Å²) >= 11 is 3.83. The van der Waals surface area contributed by atoms with Crippen molar-refractivity contribution in [1.29, 1.82) is 0 Å². The molecule has 0 fully saturated rings. The Bertz CT molecular complexity index is 934. The van der Waals surface area contributed by atoms with Gasteiger partial charge in [0.05, 0.1) is 12.4 Å². The van der Waals surface area contributed by atoms with Gasteiger partial charge in [0, 0.05) is 17.2 Å². The molecule has 2 N–H and O–H groups in total. The predicted molar refractivity (Wildman–Crippen MR) is 116 cm³/mol. The molecule has 0 spiro atoms. The Labute approximate surface area is 185 Å². The first-order valence-electron chi connectivity index (χ1n) is 9.54.